The minimum absolute atomic E-state index is 0.0393. The second-order valence-electron chi connectivity index (χ2n) is 4.22. The molecule has 0 radical (unpaired) electrons. The third-order valence-electron chi connectivity index (χ3n) is 2.40. The number of pyridine rings is 1. The van der Waals surface area contributed by atoms with Crippen LogP contribution in [-0.2, 0) is 0 Å². The molecule has 0 unspecified atom stereocenters. The van der Waals surface area contributed by atoms with Gasteiger partial charge in [0.15, 0.2) is 5.43 Å². The van der Waals surface area contributed by atoms with Crippen LogP contribution in [0.4, 0.5) is 0 Å². The minimum atomic E-state index is -0.261. The van der Waals surface area contributed by atoms with Crippen molar-refractivity contribution < 1.29 is 4.79 Å². The minimum Gasteiger partial charge on any atom is -0.350 e. The van der Waals surface area contributed by atoms with Gasteiger partial charge < -0.3 is 10.3 Å². The van der Waals surface area contributed by atoms with Crippen LogP contribution >= 0.6 is 0 Å². The first kappa shape index (κ1) is 11.4. The van der Waals surface area contributed by atoms with E-state index in [0.29, 0.717) is 16.6 Å². The molecule has 2 N–H and O–H groups in total. The SMILES string of the molecule is CC(C)NC(=O)c1cc(=O)c2ccccc2[nH]1. The van der Waals surface area contributed by atoms with E-state index in [-0.39, 0.29) is 17.4 Å². The lowest BCUT2D eigenvalue weighted by atomic mass is 10.2. The molecule has 4 nitrogen and oxygen atoms in total. The van der Waals surface area contributed by atoms with Crippen molar-refractivity contribution >= 4 is 16.8 Å². The molecule has 88 valence electrons. The third kappa shape index (κ3) is 2.36. The van der Waals surface area contributed by atoms with Crippen LogP contribution in [0.25, 0.3) is 10.9 Å². The summed E-state index contributed by atoms with van der Waals surface area (Å²) in [6.07, 6.45) is 0. The van der Waals surface area contributed by atoms with Crippen molar-refractivity contribution in [1.82, 2.24) is 10.3 Å². The molecule has 1 aromatic heterocycles. The van der Waals surface area contributed by atoms with E-state index in [1.54, 1.807) is 18.2 Å². The average Bonchev–Trinajstić information content (AvgIpc) is 2.28. The van der Waals surface area contributed by atoms with E-state index in [2.05, 4.69) is 10.3 Å². The Hall–Kier alpha value is -2.10. The zero-order valence-corrected chi connectivity index (χ0v) is 9.78. The Bertz CT molecular complexity index is 614. The number of carbonyl (C=O) groups is 1. The first-order chi connectivity index (χ1) is 8.08. The molecule has 1 heterocycles. The molecular weight excluding hydrogens is 216 g/mol. The summed E-state index contributed by atoms with van der Waals surface area (Å²) in [5, 5.41) is 3.33. The van der Waals surface area contributed by atoms with Crippen molar-refractivity contribution in [2.75, 3.05) is 0 Å². The van der Waals surface area contributed by atoms with Gasteiger partial charge in [0, 0.05) is 23.0 Å². The molecule has 1 amide bonds. The number of hydrogen-bond donors (Lipinski definition) is 2. The highest BCUT2D eigenvalue weighted by Gasteiger charge is 2.09. The van der Waals surface area contributed by atoms with Gasteiger partial charge in [-0.3, -0.25) is 9.59 Å². The van der Waals surface area contributed by atoms with Crippen molar-refractivity contribution in [3.63, 3.8) is 0 Å². The lowest BCUT2D eigenvalue weighted by Gasteiger charge is -2.08. The maximum Gasteiger partial charge on any atom is 0.268 e. The monoisotopic (exact) mass is 230 g/mol. The van der Waals surface area contributed by atoms with Gasteiger partial charge in [-0.05, 0) is 26.0 Å². The van der Waals surface area contributed by atoms with E-state index in [9.17, 15) is 9.59 Å². The maximum absolute atomic E-state index is 11.8. The summed E-state index contributed by atoms with van der Waals surface area (Å²) in [4.78, 5) is 26.5. The molecule has 0 saturated heterocycles. The molecule has 0 aliphatic heterocycles. The number of rotatable bonds is 2. The lowest BCUT2D eigenvalue weighted by molar-refractivity contribution is 0.0938. The van der Waals surface area contributed by atoms with E-state index in [4.69, 9.17) is 0 Å². The van der Waals surface area contributed by atoms with Crippen LogP contribution in [-0.4, -0.2) is 16.9 Å². The Morgan fingerprint density at radius 3 is 2.71 bits per heavy atom. The number of hydrogen-bond acceptors (Lipinski definition) is 2. The molecular formula is C13H14N2O2. The average molecular weight is 230 g/mol. The van der Waals surface area contributed by atoms with Crippen molar-refractivity contribution in [2.24, 2.45) is 0 Å². The van der Waals surface area contributed by atoms with Gasteiger partial charge in [0.25, 0.3) is 5.91 Å². The van der Waals surface area contributed by atoms with Gasteiger partial charge >= 0.3 is 0 Å². The van der Waals surface area contributed by atoms with E-state index in [1.807, 2.05) is 19.9 Å². The summed E-state index contributed by atoms with van der Waals surface area (Å²) in [6.45, 7) is 3.74. The second kappa shape index (κ2) is 4.41. The largest absolute Gasteiger partial charge is 0.350 e. The van der Waals surface area contributed by atoms with E-state index < -0.39 is 0 Å². The van der Waals surface area contributed by atoms with Crippen molar-refractivity contribution in [3.8, 4) is 0 Å². The number of aromatic nitrogens is 1. The van der Waals surface area contributed by atoms with Crippen LogP contribution in [0.3, 0.4) is 0 Å². The number of amides is 1. The molecule has 2 aromatic rings. The summed E-state index contributed by atoms with van der Waals surface area (Å²) in [6, 6.07) is 8.51. The molecule has 1 aromatic carbocycles. The van der Waals surface area contributed by atoms with Crippen LogP contribution in [0.15, 0.2) is 35.1 Å². The number of benzene rings is 1. The zero-order chi connectivity index (χ0) is 12.4. The Morgan fingerprint density at radius 2 is 2.00 bits per heavy atom. The highest BCUT2D eigenvalue weighted by molar-refractivity contribution is 5.94. The number of fused-ring (bicyclic) bond motifs is 1. The van der Waals surface area contributed by atoms with Crippen LogP contribution in [0.5, 0.6) is 0 Å². The normalized spacial score (nSPS) is 10.8. The van der Waals surface area contributed by atoms with Crippen molar-refractivity contribution in [3.05, 3.63) is 46.2 Å². The quantitative estimate of drug-likeness (QED) is 0.824. The molecule has 17 heavy (non-hydrogen) atoms. The first-order valence-electron chi connectivity index (χ1n) is 5.51. The van der Waals surface area contributed by atoms with Crippen LogP contribution in [0.1, 0.15) is 24.3 Å². The maximum atomic E-state index is 11.8. The predicted octanol–water partition coefficient (Wildman–Crippen LogP) is 1.67. The Morgan fingerprint density at radius 1 is 1.29 bits per heavy atom. The van der Waals surface area contributed by atoms with Crippen LogP contribution in [0.2, 0.25) is 0 Å². The van der Waals surface area contributed by atoms with Crippen molar-refractivity contribution in [2.45, 2.75) is 19.9 Å². The van der Waals surface area contributed by atoms with Crippen molar-refractivity contribution in [1.29, 1.82) is 0 Å². The summed E-state index contributed by atoms with van der Waals surface area (Å²) in [5.74, 6) is -0.261. The van der Waals surface area contributed by atoms with Gasteiger partial charge in [0.2, 0.25) is 0 Å². The number of para-hydroxylation sites is 1. The molecule has 0 aliphatic carbocycles. The molecule has 4 heteroatoms. The fourth-order valence-electron chi connectivity index (χ4n) is 1.66. The topological polar surface area (TPSA) is 62.0 Å². The number of aromatic amines is 1. The molecule has 0 spiro atoms. The smallest absolute Gasteiger partial charge is 0.268 e. The van der Waals surface area contributed by atoms with Crippen LogP contribution in [0, 0.1) is 0 Å². The standard InChI is InChI=1S/C13H14N2O2/c1-8(2)14-13(17)11-7-12(16)9-5-3-4-6-10(9)15-11/h3-8H,1-2H3,(H,14,17)(H,15,16). The number of nitrogens with one attached hydrogen (secondary N) is 2. The van der Waals surface area contributed by atoms with E-state index in [1.165, 1.54) is 6.07 Å². The summed E-state index contributed by atoms with van der Waals surface area (Å²) in [7, 11) is 0. The molecule has 0 saturated carbocycles. The number of carbonyl (C=O) groups excluding carboxylic acids is 1. The van der Waals surface area contributed by atoms with Gasteiger partial charge in [-0.15, -0.1) is 0 Å². The zero-order valence-electron chi connectivity index (χ0n) is 9.78. The summed E-state index contributed by atoms with van der Waals surface area (Å²) in [5.41, 5.74) is 0.824. The van der Waals surface area contributed by atoms with Gasteiger partial charge in [-0.1, -0.05) is 12.1 Å². The van der Waals surface area contributed by atoms with Gasteiger partial charge in [-0.25, -0.2) is 0 Å². The molecule has 2 rings (SSSR count). The molecule has 0 fully saturated rings. The fourth-order valence-corrected chi connectivity index (χ4v) is 1.66. The third-order valence-corrected chi connectivity index (χ3v) is 2.40. The second-order valence-corrected chi connectivity index (χ2v) is 4.22. The van der Waals surface area contributed by atoms with Gasteiger partial charge in [0.1, 0.15) is 5.69 Å². The van der Waals surface area contributed by atoms with E-state index >= 15 is 0 Å². The van der Waals surface area contributed by atoms with Gasteiger partial charge in [-0.2, -0.15) is 0 Å². The number of H-pyrrole nitrogens is 1. The predicted molar refractivity (Wildman–Crippen MR) is 67.2 cm³/mol. The fraction of sp³-hybridized carbons (Fsp3) is 0.231. The first-order valence-corrected chi connectivity index (χ1v) is 5.51. The Kier molecular flexibility index (Phi) is 2.95. The molecule has 0 bridgehead atoms. The highest BCUT2D eigenvalue weighted by Crippen LogP contribution is 2.07. The summed E-state index contributed by atoms with van der Waals surface area (Å²) < 4.78 is 0. The summed E-state index contributed by atoms with van der Waals surface area (Å²) >= 11 is 0. The van der Waals surface area contributed by atoms with Gasteiger partial charge in [0.05, 0.1) is 0 Å². The lowest BCUT2D eigenvalue weighted by Crippen LogP contribution is -2.31. The molecule has 0 aliphatic rings. The Balaban J connectivity index is 2.50. The Labute approximate surface area is 98.7 Å². The molecule has 0 atom stereocenters. The highest BCUT2D eigenvalue weighted by atomic mass is 16.2. The van der Waals surface area contributed by atoms with Crippen LogP contribution < -0.4 is 10.7 Å². The van der Waals surface area contributed by atoms with E-state index in [0.717, 1.165) is 0 Å².